The van der Waals surface area contributed by atoms with E-state index in [1.54, 1.807) is 0 Å². The first kappa shape index (κ1) is 14.8. The Bertz CT molecular complexity index is 572. The summed E-state index contributed by atoms with van der Waals surface area (Å²) in [6, 6.07) is 1.20. The molecule has 1 N–H and O–H groups in total. The number of carbonyl (C=O) groups excluding carboxylic acids is 1. The van der Waals surface area contributed by atoms with Crippen molar-refractivity contribution in [2.24, 2.45) is 0 Å². The number of methoxy groups -OCH3 is 2. The van der Waals surface area contributed by atoms with Crippen LogP contribution in [0.4, 0.5) is 4.39 Å². The number of rotatable bonds is 6. The molecule has 1 aromatic carbocycles. The van der Waals surface area contributed by atoms with Crippen LogP contribution in [0.15, 0.2) is 6.07 Å². The molecule has 0 spiro atoms. The summed E-state index contributed by atoms with van der Waals surface area (Å²) in [6.45, 7) is 0. The van der Waals surface area contributed by atoms with E-state index in [1.807, 2.05) is 0 Å². The van der Waals surface area contributed by atoms with E-state index < -0.39 is 16.6 Å². The number of ketones is 1. The van der Waals surface area contributed by atoms with Crippen molar-refractivity contribution in [1.82, 2.24) is 0 Å². The van der Waals surface area contributed by atoms with Crippen LogP contribution < -0.4 is 13.9 Å². The van der Waals surface area contributed by atoms with Gasteiger partial charge < -0.3 is 0 Å². The Labute approximate surface area is 121 Å². The third-order valence-corrected chi connectivity index (χ3v) is 5.87. The van der Waals surface area contributed by atoms with E-state index >= 15 is 0 Å². The first-order chi connectivity index (χ1) is 9.49. The average Bonchev–Trinajstić information content (AvgIpc) is 2.37. The van der Waals surface area contributed by atoms with E-state index in [2.05, 4.69) is 0 Å². The van der Waals surface area contributed by atoms with E-state index in [4.69, 9.17) is 14.6 Å². The number of Topliss-reactive ketones (excluding diaryl/α,β-unsaturated/α-hetero) is 1. The van der Waals surface area contributed by atoms with Gasteiger partial charge in [-0.05, 0) is 0 Å². The molecule has 1 atom stereocenters. The Kier molecular flexibility index (Phi) is 4.30. The number of benzene rings is 1. The third kappa shape index (κ3) is 2.51. The number of halogens is 1. The molecule has 7 heteroatoms. The minimum atomic E-state index is -1.03. The van der Waals surface area contributed by atoms with Crippen LogP contribution in [0.3, 0.4) is 0 Å². The van der Waals surface area contributed by atoms with Gasteiger partial charge in [0, 0.05) is 0 Å². The molecule has 20 heavy (non-hydrogen) atoms. The second-order valence-corrected chi connectivity index (χ2v) is 6.53. The van der Waals surface area contributed by atoms with E-state index in [1.165, 1.54) is 20.3 Å². The number of carboxylic acid groups (broad SMARTS) is 1. The Morgan fingerprint density at radius 2 is 2.05 bits per heavy atom. The summed E-state index contributed by atoms with van der Waals surface area (Å²) in [6.07, 6.45) is -0.301. The fraction of sp³-hybridized carbons (Fsp3) is 0.385. The van der Waals surface area contributed by atoms with Crippen molar-refractivity contribution in [2.45, 2.75) is 17.7 Å². The molecule has 0 saturated heterocycles. The Morgan fingerprint density at radius 3 is 2.60 bits per heavy atom. The van der Waals surface area contributed by atoms with Crippen LogP contribution >= 0.6 is 0 Å². The third-order valence-electron chi connectivity index (χ3n) is 2.99. The first-order valence-corrected chi connectivity index (χ1v) is 7.69. The zero-order chi connectivity index (χ0) is 14.9. The number of hydrogen-bond donors (Lipinski definition) is 1. The van der Waals surface area contributed by atoms with Gasteiger partial charge in [-0.3, -0.25) is 0 Å². The maximum atomic E-state index is 14.0. The van der Waals surface area contributed by atoms with Crippen LogP contribution in [0.1, 0.15) is 23.2 Å². The molecule has 0 bridgehead atoms. The molecule has 0 aliphatic carbocycles. The number of carboxylic acids is 1. The molecule has 108 valence electrons. The van der Waals surface area contributed by atoms with Gasteiger partial charge in [-0.1, -0.05) is 0 Å². The summed E-state index contributed by atoms with van der Waals surface area (Å²) >= 11 is -0.258. The van der Waals surface area contributed by atoms with Crippen LogP contribution in [0, 0.1) is 5.82 Å². The Morgan fingerprint density at radius 1 is 1.35 bits per heavy atom. The Hall–Kier alpha value is -1.59. The molecule has 1 aliphatic rings. The van der Waals surface area contributed by atoms with Gasteiger partial charge in [0.15, 0.2) is 0 Å². The van der Waals surface area contributed by atoms with E-state index in [0.717, 1.165) is 0 Å². The maximum absolute atomic E-state index is 14.0. The van der Waals surface area contributed by atoms with Crippen LogP contribution in [0.2, 0.25) is 0 Å². The van der Waals surface area contributed by atoms with Gasteiger partial charge in [0.2, 0.25) is 0 Å². The number of aliphatic carboxylic acids is 1. The van der Waals surface area contributed by atoms with Crippen LogP contribution in [-0.4, -0.2) is 46.0 Å². The molecule has 0 fully saturated rings. The van der Waals surface area contributed by atoms with Gasteiger partial charge in [0.05, 0.1) is 0 Å². The summed E-state index contributed by atoms with van der Waals surface area (Å²) in [7, 11) is 2.89. The molecule has 0 aromatic heterocycles. The fourth-order valence-corrected chi connectivity index (χ4v) is 4.70. The normalized spacial score (nSPS) is 16.1. The minimum absolute atomic E-state index is 0.0744. The molecule has 1 unspecified atom stereocenters. The molecule has 0 radical (unpaired) electrons. The predicted molar refractivity (Wildman–Crippen MR) is 69.5 cm³/mol. The number of fused-ring (bicyclic) bond motifs is 1. The quantitative estimate of drug-likeness (QED) is 0.766. The standard InChI is InChI=1S/C13H13FO5Se/c1-18-8-5-6(14)10-12(7(15)3-4-9(16)17)20-13(10)11(8)19-2/h5,12H,3-4H2,1-2H3,(H,16,17). The van der Waals surface area contributed by atoms with Crippen molar-refractivity contribution >= 4 is 31.2 Å². The van der Waals surface area contributed by atoms with Crippen molar-refractivity contribution in [2.75, 3.05) is 14.2 Å². The van der Waals surface area contributed by atoms with Gasteiger partial charge in [0.1, 0.15) is 0 Å². The molecule has 1 aliphatic heterocycles. The summed E-state index contributed by atoms with van der Waals surface area (Å²) in [5.74, 6) is -0.989. The second-order valence-electron chi connectivity index (χ2n) is 4.19. The number of hydrogen-bond acceptors (Lipinski definition) is 4. The molecule has 0 amide bonds. The molecule has 5 nitrogen and oxygen atoms in total. The van der Waals surface area contributed by atoms with Gasteiger partial charge >= 0.3 is 121 Å². The predicted octanol–water partition coefficient (Wildman–Crippen LogP) is 0.661. The molecular weight excluding hydrogens is 334 g/mol. The van der Waals surface area contributed by atoms with E-state index in [-0.39, 0.29) is 33.6 Å². The van der Waals surface area contributed by atoms with Crippen molar-refractivity contribution in [3.8, 4) is 11.5 Å². The van der Waals surface area contributed by atoms with Gasteiger partial charge in [0.25, 0.3) is 0 Å². The van der Waals surface area contributed by atoms with Crippen molar-refractivity contribution in [3.05, 3.63) is 17.4 Å². The van der Waals surface area contributed by atoms with Crippen LogP contribution in [0.25, 0.3) is 0 Å². The van der Waals surface area contributed by atoms with Crippen molar-refractivity contribution in [1.29, 1.82) is 0 Å². The summed E-state index contributed by atoms with van der Waals surface area (Å²) in [5, 5.41) is 8.58. The van der Waals surface area contributed by atoms with E-state index in [0.29, 0.717) is 21.5 Å². The van der Waals surface area contributed by atoms with Crippen LogP contribution in [0.5, 0.6) is 11.5 Å². The molecule has 1 aromatic rings. The topological polar surface area (TPSA) is 72.8 Å². The summed E-state index contributed by atoms with van der Waals surface area (Å²) in [4.78, 5) is 21.9. The SMILES string of the molecule is COc1cc(F)c2c(c1OC)[Se]C2C(=O)CCC(=O)O. The second kappa shape index (κ2) is 5.81. The molecule has 1 heterocycles. The molecule has 0 saturated carbocycles. The van der Waals surface area contributed by atoms with Gasteiger partial charge in [-0.15, -0.1) is 0 Å². The van der Waals surface area contributed by atoms with E-state index in [9.17, 15) is 14.0 Å². The van der Waals surface area contributed by atoms with Crippen molar-refractivity contribution < 1.29 is 28.6 Å². The zero-order valence-electron chi connectivity index (χ0n) is 10.9. The molecular formula is C13H13FO5Se. The average molecular weight is 347 g/mol. The van der Waals surface area contributed by atoms with Gasteiger partial charge in [-0.2, -0.15) is 0 Å². The monoisotopic (exact) mass is 348 g/mol. The van der Waals surface area contributed by atoms with Gasteiger partial charge in [-0.25, -0.2) is 0 Å². The fourth-order valence-electron chi connectivity index (χ4n) is 2.01. The Balaban J connectivity index is 2.26. The van der Waals surface area contributed by atoms with Crippen molar-refractivity contribution in [3.63, 3.8) is 0 Å². The number of carbonyl (C=O) groups is 2. The summed E-state index contributed by atoms with van der Waals surface area (Å²) in [5.41, 5.74) is 0.332. The zero-order valence-corrected chi connectivity index (χ0v) is 12.6. The summed E-state index contributed by atoms with van der Waals surface area (Å²) < 4.78 is 24.9. The molecule has 2 rings (SSSR count). The number of ether oxygens (including phenoxy) is 2. The first-order valence-electron chi connectivity index (χ1n) is 5.85. The van der Waals surface area contributed by atoms with Crippen LogP contribution in [-0.2, 0) is 9.59 Å².